The Bertz CT molecular complexity index is 966. The van der Waals surface area contributed by atoms with Crippen molar-refractivity contribution in [2.24, 2.45) is 5.10 Å². The van der Waals surface area contributed by atoms with Gasteiger partial charge < -0.3 is 4.42 Å². The van der Waals surface area contributed by atoms with Crippen LogP contribution in [-0.2, 0) is 0 Å². The van der Waals surface area contributed by atoms with Gasteiger partial charge in [-0.25, -0.2) is 5.01 Å². The maximum absolute atomic E-state index is 13.1. The van der Waals surface area contributed by atoms with Gasteiger partial charge in [0.05, 0.1) is 17.5 Å². The molecule has 1 aromatic heterocycles. The van der Waals surface area contributed by atoms with Crippen molar-refractivity contribution in [1.29, 1.82) is 0 Å². The first-order chi connectivity index (χ1) is 12.6. The molecule has 0 aliphatic carbocycles. The zero-order chi connectivity index (χ0) is 18.1. The molecule has 1 amide bonds. The number of benzene rings is 2. The average Bonchev–Trinajstić information content (AvgIpc) is 3.32. The van der Waals surface area contributed by atoms with Crippen molar-refractivity contribution >= 4 is 43.5 Å². The van der Waals surface area contributed by atoms with Crippen molar-refractivity contribution in [2.45, 2.75) is 12.5 Å². The summed E-state index contributed by atoms with van der Waals surface area (Å²) < 4.78 is 7.33. The van der Waals surface area contributed by atoms with Gasteiger partial charge in [-0.1, -0.05) is 40.2 Å². The van der Waals surface area contributed by atoms with Crippen molar-refractivity contribution in [3.8, 4) is 0 Å². The predicted molar refractivity (Wildman–Crippen MR) is 107 cm³/mol. The van der Waals surface area contributed by atoms with Gasteiger partial charge in [-0.2, -0.15) is 5.10 Å². The van der Waals surface area contributed by atoms with E-state index in [2.05, 4.69) is 37.0 Å². The molecular formula is C20H14Br2N2O2. The number of halogens is 2. The molecule has 2 aromatic carbocycles. The lowest BCUT2D eigenvalue weighted by Gasteiger charge is -2.20. The maximum Gasteiger partial charge on any atom is 0.275 e. The fraction of sp³-hybridized carbons (Fsp3) is 0.100. The fourth-order valence-corrected chi connectivity index (χ4v) is 3.69. The second-order valence-corrected chi connectivity index (χ2v) is 7.69. The van der Waals surface area contributed by atoms with Crippen LogP contribution in [0.2, 0.25) is 0 Å². The predicted octanol–water partition coefficient (Wildman–Crippen LogP) is 5.80. The molecule has 1 aliphatic heterocycles. The highest BCUT2D eigenvalue weighted by atomic mass is 79.9. The van der Waals surface area contributed by atoms with Gasteiger partial charge in [0, 0.05) is 15.4 Å². The van der Waals surface area contributed by atoms with Crippen LogP contribution in [0.5, 0.6) is 0 Å². The lowest BCUT2D eigenvalue weighted by atomic mass is 10.0. The number of rotatable bonds is 3. The van der Waals surface area contributed by atoms with Gasteiger partial charge in [-0.15, -0.1) is 0 Å². The van der Waals surface area contributed by atoms with Gasteiger partial charge in [-0.05, 0) is 57.9 Å². The van der Waals surface area contributed by atoms with E-state index in [9.17, 15) is 4.79 Å². The standard InChI is InChI=1S/C20H14Br2N2O2/c21-14-9-7-13(8-10-14)17-12-18(19-6-3-11-26-19)24(23-17)20(25)15-4-1-2-5-16(15)22/h1-11,18H,12H2/t18-/m1/s1. The van der Waals surface area contributed by atoms with Crippen LogP contribution in [-0.4, -0.2) is 16.6 Å². The van der Waals surface area contributed by atoms with Gasteiger partial charge in [0.25, 0.3) is 5.91 Å². The Hall–Kier alpha value is -2.18. The molecule has 4 rings (SSSR count). The Labute approximate surface area is 167 Å². The van der Waals surface area contributed by atoms with Crippen molar-refractivity contribution < 1.29 is 9.21 Å². The van der Waals surface area contributed by atoms with E-state index in [0.29, 0.717) is 12.0 Å². The molecule has 1 atom stereocenters. The zero-order valence-corrected chi connectivity index (χ0v) is 16.8. The van der Waals surface area contributed by atoms with E-state index in [1.54, 1.807) is 12.3 Å². The van der Waals surface area contributed by atoms with E-state index >= 15 is 0 Å². The first-order valence-electron chi connectivity index (χ1n) is 8.08. The van der Waals surface area contributed by atoms with E-state index in [-0.39, 0.29) is 11.9 Å². The molecule has 0 spiro atoms. The summed E-state index contributed by atoms with van der Waals surface area (Å²) in [6.45, 7) is 0. The number of nitrogens with zero attached hydrogens (tertiary/aromatic N) is 2. The summed E-state index contributed by atoms with van der Waals surface area (Å²) in [5.41, 5.74) is 2.43. The van der Waals surface area contributed by atoms with Crippen LogP contribution >= 0.6 is 31.9 Å². The van der Waals surface area contributed by atoms with Crippen LogP contribution < -0.4 is 0 Å². The molecule has 0 bridgehead atoms. The van der Waals surface area contributed by atoms with Crippen LogP contribution in [0.15, 0.2) is 85.4 Å². The molecule has 4 nitrogen and oxygen atoms in total. The summed E-state index contributed by atoms with van der Waals surface area (Å²) in [7, 11) is 0. The summed E-state index contributed by atoms with van der Waals surface area (Å²) in [4.78, 5) is 13.1. The highest BCUT2D eigenvalue weighted by Crippen LogP contribution is 2.35. The third-order valence-corrected chi connectivity index (χ3v) is 5.49. The van der Waals surface area contributed by atoms with Crippen LogP contribution in [0.25, 0.3) is 0 Å². The van der Waals surface area contributed by atoms with Gasteiger partial charge >= 0.3 is 0 Å². The third kappa shape index (κ3) is 3.27. The molecule has 2 heterocycles. The Morgan fingerprint density at radius 2 is 1.81 bits per heavy atom. The van der Waals surface area contributed by atoms with Crippen LogP contribution in [0.1, 0.15) is 34.1 Å². The smallest absolute Gasteiger partial charge is 0.275 e. The highest BCUT2D eigenvalue weighted by molar-refractivity contribution is 9.10. The minimum atomic E-state index is -0.261. The van der Waals surface area contributed by atoms with Crippen LogP contribution in [0.3, 0.4) is 0 Å². The van der Waals surface area contributed by atoms with Gasteiger partial charge in [0.15, 0.2) is 0 Å². The second-order valence-electron chi connectivity index (χ2n) is 5.92. The number of furan rings is 1. The molecule has 0 saturated heterocycles. The first-order valence-corrected chi connectivity index (χ1v) is 9.67. The Kier molecular flexibility index (Phi) is 4.78. The van der Waals surface area contributed by atoms with Gasteiger partial charge in [0.1, 0.15) is 11.8 Å². The largest absolute Gasteiger partial charge is 0.467 e. The minimum Gasteiger partial charge on any atom is -0.467 e. The quantitative estimate of drug-likeness (QED) is 0.482. The summed E-state index contributed by atoms with van der Waals surface area (Å²) in [5.74, 6) is 0.562. The van der Waals surface area contributed by atoms with Crippen molar-refractivity contribution in [3.05, 3.63) is 92.8 Å². The van der Waals surface area contributed by atoms with Crippen molar-refractivity contribution in [2.75, 3.05) is 0 Å². The fourth-order valence-electron chi connectivity index (χ4n) is 2.98. The number of hydrogen-bond donors (Lipinski definition) is 0. The second kappa shape index (κ2) is 7.21. The normalized spacial score (nSPS) is 16.6. The lowest BCUT2D eigenvalue weighted by Crippen LogP contribution is -2.27. The highest BCUT2D eigenvalue weighted by Gasteiger charge is 2.35. The number of carbonyl (C=O) groups is 1. The van der Waals surface area contributed by atoms with Gasteiger partial charge in [-0.3, -0.25) is 4.79 Å². The molecule has 3 aromatic rings. The zero-order valence-electron chi connectivity index (χ0n) is 13.6. The molecular weight excluding hydrogens is 460 g/mol. The minimum absolute atomic E-state index is 0.161. The summed E-state index contributed by atoms with van der Waals surface area (Å²) in [5, 5.41) is 6.17. The molecule has 6 heteroatoms. The Morgan fingerprint density at radius 3 is 2.50 bits per heavy atom. The summed E-state index contributed by atoms with van der Waals surface area (Å²) in [6.07, 6.45) is 2.22. The van der Waals surface area contributed by atoms with E-state index in [0.717, 1.165) is 26.0 Å². The number of carbonyl (C=O) groups excluding carboxylic acids is 1. The monoisotopic (exact) mass is 472 g/mol. The SMILES string of the molecule is O=C(c1ccccc1Br)N1N=C(c2ccc(Br)cc2)C[C@@H]1c1ccco1. The molecule has 1 aliphatic rings. The summed E-state index contributed by atoms with van der Waals surface area (Å²) >= 11 is 6.90. The van der Waals surface area contributed by atoms with E-state index in [1.807, 2.05) is 54.6 Å². The van der Waals surface area contributed by atoms with E-state index in [4.69, 9.17) is 4.42 Å². The molecule has 0 N–H and O–H groups in total. The Morgan fingerprint density at radius 1 is 1.04 bits per heavy atom. The van der Waals surface area contributed by atoms with Gasteiger partial charge in [0.2, 0.25) is 0 Å². The summed E-state index contributed by atoms with van der Waals surface area (Å²) in [6, 6.07) is 18.7. The molecule has 0 radical (unpaired) electrons. The molecule has 26 heavy (non-hydrogen) atoms. The van der Waals surface area contributed by atoms with Crippen LogP contribution in [0, 0.1) is 0 Å². The molecule has 130 valence electrons. The van der Waals surface area contributed by atoms with Crippen molar-refractivity contribution in [1.82, 2.24) is 5.01 Å². The number of amides is 1. The molecule has 0 unspecified atom stereocenters. The average molecular weight is 474 g/mol. The van der Waals surface area contributed by atoms with E-state index < -0.39 is 0 Å². The molecule has 0 saturated carbocycles. The van der Waals surface area contributed by atoms with Crippen LogP contribution in [0.4, 0.5) is 0 Å². The van der Waals surface area contributed by atoms with E-state index in [1.165, 1.54) is 5.01 Å². The van der Waals surface area contributed by atoms with Crippen molar-refractivity contribution in [3.63, 3.8) is 0 Å². The lowest BCUT2D eigenvalue weighted by molar-refractivity contribution is 0.0692. The number of hydrazone groups is 1. The molecule has 0 fully saturated rings. The third-order valence-electron chi connectivity index (χ3n) is 4.27. The first kappa shape index (κ1) is 17.2. The topological polar surface area (TPSA) is 45.8 Å². The maximum atomic E-state index is 13.1. The Balaban J connectivity index is 1.73. The number of hydrogen-bond acceptors (Lipinski definition) is 3.